The largest absolute Gasteiger partial charge is 0.465 e. The average Bonchev–Trinajstić information content (AvgIpc) is 1.57. The summed E-state index contributed by atoms with van der Waals surface area (Å²) in [7, 11) is 2.70. The molecule has 0 atom stereocenters. The van der Waals surface area contributed by atoms with E-state index in [1.807, 2.05) is 72.8 Å². The number of fused-ring (bicyclic) bond motifs is 14. The summed E-state index contributed by atoms with van der Waals surface area (Å²) in [5.41, 5.74) is 23.1. The zero-order valence-electron chi connectivity index (χ0n) is 70.8. The molecule has 2 aliphatic heterocycles. The molecule has 8 aromatic carbocycles. The van der Waals surface area contributed by atoms with Gasteiger partial charge in [0.1, 0.15) is 0 Å². The number of H-pyrrole nitrogens is 2. The average molecular weight is 1480 g/mol. The summed E-state index contributed by atoms with van der Waals surface area (Å²) >= 11 is 0. The van der Waals surface area contributed by atoms with E-state index in [1.54, 1.807) is 0 Å². The number of methoxy groups -OCH3 is 2. The van der Waals surface area contributed by atoms with Crippen LogP contribution in [0.5, 0.6) is 0 Å². The van der Waals surface area contributed by atoms with E-state index in [9.17, 15) is 9.59 Å². The predicted octanol–water partition coefficient (Wildman–Crippen LogP) is 26.4. The second-order valence-electron chi connectivity index (χ2n) is 39.0. The van der Waals surface area contributed by atoms with E-state index in [-0.39, 0.29) is 54.4 Å². The fourth-order valence-electron chi connectivity index (χ4n) is 14.9. The SMILES string of the molecule is COC(=O)c1cc2c3[nH]c(c(-c4cc(C(C)(C)C)cc(C(C)(C)C)c4)c4nc(c(-c5cc(C(C)(C)C)cc(C(C)(C)C)c5)c5[nH]c(c(-c6cc(C(C)(C)C)cc(C(C)(C)C)c6)c6nc(c3-c3cc(C(C)(C)C)cc(C(C)(C)C)c3)C=C6)c3cc(C#Cc6ccccc6)c(C#Cc6ccccc6)cc53)C=C4)c2cc1C(=O)OC. The minimum atomic E-state index is -0.685. The van der Waals surface area contributed by atoms with Crippen molar-refractivity contribution in [1.82, 2.24) is 19.9 Å². The molecule has 0 saturated carbocycles. The maximum Gasteiger partial charge on any atom is 0.338 e. The van der Waals surface area contributed by atoms with Crippen LogP contribution in [0.4, 0.5) is 0 Å². The van der Waals surface area contributed by atoms with Gasteiger partial charge in [0, 0.05) is 66.1 Å². The van der Waals surface area contributed by atoms with Crippen LogP contribution >= 0.6 is 0 Å². The molecule has 2 aliphatic rings. The molecule has 3 aromatic heterocycles. The number of carbonyl (C=O) groups excluding carboxylic acids is 2. The van der Waals surface area contributed by atoms with E-state index in [2.05, 4.69) is 309 Å². The lowest BCUT2D eigenvalue weighted by Crippen LogP contribution is -2.16. The summed E-state index contributed by atoms with van der Waals surface area (Å²) < 4.78 is 11.3. The Labute approximate surface area is 665 Å². The Balaban J connectivity index is 1.43. The first-order chi connectivity index (χ1) is 52.3. The van der Waals surface area contributed by atoms with E-state index in [0.29, 0.717) is 44.6 Å². The number of nitrogens with one attached hydrogen (secondary N) is 2. The lowest BCUT2D eigenvalue weighted by Gasteiger charge is -2.26. The van der Waals surface area contributed by atoms with Crippen LogP contribution in [0.2, 0.25) is 0 Å². The fourth-order valence-corrected chi connectivity index (χ4v) is 14.9. The first-order valence-electron chi connectivity index (χ1n) is 39.4. The maximum absolute atomic E-state index is 14.7. The van der Waals surface area contributed by atoms with Crippen LogP contribution in [0.1, 0.15) is 276 Å². The van der Waals surface area contributed by atoms with Gasteiger partial charge in [-0.15, -0.1) is 0 Å². The van der Waals surface area contributed by atoms with Gasteiger partial charge in [-0.25, -0.2) is 19.6 Å². The number of hydrogen-bond acceptors (Lipinski definition) is 6. The molecule has 0 saturated heterocycles. The van der Waals surface area contributed by atoms with Crippen LogP contribution in [-0.2, 0) is 52.8 Å². The van der Waals surface area contributed by atoms with Crippen molar-refractivity contribution >= 4 is 79.9 Å². The van der Waals surface area contributed by atoms with Crippen molar-refractivity contribution in [1.29, 1.82) is 0 Å². The number of hydrogen-bond donors (Lipinski definition) is 2. The molecular weight excluding hydrogens is 1370 g/mol. The molecule has 0 radical (unpaired) electrons. The highest BCUT2D eigenvalue weighted by Gasteiger charge is 2.33. The monoisotopic (exact) mass is 1480 g/mol. The van der Waals surface area contributed by atoms with Crippen molar-refractivity contribution in [3.63, 3.8) is 0 Å². The molecule has 0 spiro atoms. The summed E-state index contributed by atoms with van der Waals surface area (Å²) in [5, 5.41) is 3.15. The molecule has 0 aliphatic carbocycles. The smallest absolute Gasteiger partial charge is 0.338 e. The molecule has 13 rings (SSSR count). The lowest BCUT2D eigenvalue weighted by molar-refractivity contribution is 0.0555. The molecule has 8 heteroatoms. The standard InChI is InChI=1S/C104H110N4O4/c1-97(2,3)69-45-65(46-70(55-69)98(4,5)6)87-83-41-43-85(105-83)89(67-49-73(101(13,14)15)57-74(50-67)102(16,17)18)93-79-59-81(95(109)111-25)82(96(110)112-26)60-80(79)94(108-93)90(68-51-75(103(19,20)21)58-76(52-68)104(22,23)24)86-44-42-84(106-86)88(66-47-71(99(7,8)9)56-72(48-66)100(10,11)12)92-78-54-64(40-38-62-35-31-28-32-36-62)63(53-77(78)91(87)107-92)39-37-61-33-29-27-30-34-61/h27-36,41-60,107-108H,1-26H3. The fraction of sp³-hybridized carbons (Fsp3) is 0.327. The molecular formula is C104H110N4O4. The molecule has 8 bridgehead atoms. The number of esters is 2. The molecule has 0 amide bonds. The number of aromatic nitrogens is 4. The van der Waals surface area contributed by atoms with Crippen molar-refractivity contribution in [3.8, 4) is 68.2 Å². The maximum atomic E-state index is 14.7. The number of carbonyl (C=O) groups is 2. The third kappa shape index (κ3) is 15.8. The van der Waals surface area contributed by atoms with Crippen LogP contribution in [0.15, 0.2) is 158 Å². The van der Waals surface area contributed by atoms with Gasteiger partial charge in [-0.05, 0) is 183 Å². The van der Waals surface area contributed by atoms with Crippen LogP contribution in [-0.4, -0.2) is 46.1 Å². The van der Waals surface area contributed by atoms with Gasteiger partial charge < -0.3 is 19.4 Å². The molecule has 8 nitrogen and oxygen atoms in total. The second-order valence-corrected chi connectivity index (χ2v) is 39.0. The van der Waals surface area contributed by atoms with Gasteiger partial charge in [0.25, 0.3) is 0 Å². The van der Waals surface area contributed by atoms with Gasteiger partial charge in [0.05, 0.1) is 70.2 Å². The topological polar surface area (TPSA) is 110 Å². The highest BCUT2D eigenvalue weighted by atomic mass is 16.5. The number of aromatic amines is 2. The number of benzene rings is 8. The molecule has 5 heterocycles. The third-order valence-corrected chi connectivity index (χ3v) is 22.1. The first kappa shape index (κ1) is 79.0. The number of rotatable bonds is 6. The van der Waals surface area contributed by atoms with Gasteiger partial charge in [-0.1, -0.05) is 299 Å². The van der Waals surface area contributed by atoms with Crippen LogP contribution in [0.25, 0.3) is 112 Å². The summed E-state index contributed by atoms with van der Waals surface area (Å²) in [6, 6.07) is 56.7. The van der Waals surface area contributed by atoms with E-state index >= 15 is 0 Å². The van der Waals surface area contributed by atoms with Crippen molar-refractivity contribution in [2.45, 2.75) is 209 Å². The lowest BCUT2D eigenvalue weighted by atomic mass is 9.78. The van der Waals surface area contributed by atoms with Gasteiger partial charge in [0.2, 0.25) is 0 Å². The zero-order valence-corrected chi connectivity index (χ0v) is 70.8. The van der Waals surface area contributed by atoms with Gasteiger partial charge in [-0.2, -0.15) is 0 Å². The Morgan fingerprint density at radius 2 is 0.500 bits per heavy atom. The first-order valence-corrected chi connectivity index (χ1v) is 39.4. The van der Waals surface area contributed by atoms with E-state index in [0.717, 1.165) is 111 Å². The Kier molecular flexibility index (Phi) is 20.2. The summed E-state index contributed by atoms with van der Waals surface area (Å²) in [4.78, 5) is 50.4. The van der Waals surface area contributed by atoms with Crippen LogP contribution in [0, 0.1) is 23.7 Å². The van der Waals surface area contributed by atoms with Crippen molar-refractivity contribution in [3.05, 3.63) is 258 Å². The Morgan fingerprint density at radius 3 is 0.705 bits per heavy atom. The van der Waals surface area contributed by atoms with Gasteiger partial charge in [-0.3, -0.25) is 0 Å². The van der Waals surface area contributed by atoms with E-state index < -0.39 is 11.9 Å². The van der Waals surface area contributed by atoms with Crippen molar-refractivity contribution in [2.75, 3.05) is 14.2 Å². The molecule has 570 valence electrons. The minimum Gasteiger partial charge on any atom is -0.465 e. The molecule has 2 N–H and O–H groups in total. The second kappa shape index (κ2) is 28.6. The quantitative estimate of drug-likeness (QED) is 0.127. The van der Waals surface area contributed by atoms with Crippen molar-refractivity contribution in [2.24, 2.45) is 0 Å². The van der Waals surface area contributed by atoms with Crippen LogP contribution in [0.3, 0.4) is 0 Å². The van der Waals surface area contributed by atoms with Crippen molar-refractivity contribution < 1.29 is 19.1 Å². The summed E-state index contributed by atoms with van der Waals surface area (Å²) in [5.74, 6) is 13.2. The zero-order chi connectivity index (χ0) is 81.1. The molecule has 0 unspecified atom stereocenters. The highest BCUT2D eigenvalue weighted by molar-refractivity contribution is 6.22. The van der Waals surface area contributed by atoms with Crippen LogP contribution < -0.4 is 0 Å². The molecule has 112 heavy (non-hydrogen) atoms. The Bertz CT molecular complexity index is 5570. The summed E-state index contributed by atoms with van der Waals surface area (Å²) in [6.45, 7) is 54.7. The summed E-state index contributed by atoms with van der Waals surface area (Å²) in [6.07, 6.45) is 8.71. The highest BCUT2D eigenvalue weighted by Crippen LogP contribution is 2.49. The number of nitrogens with zero attached hydrogens (tertiary/aromatic N) is 2. The Hall–Kier alpha value is -11.1. The number of ether oxygens (including phenoxy) is 2. The van der Waals surface area contributed by atoms with Gasteiger partial charge in [0.15, 0.2) is 0 Å². The van der Waals surface area contributed by atoms with E-state index in [1.165, 1.54) is 36.5 Å². The molecule has 11 aromatic rings. The predicted molar refractivity (Wildman–Crippen MR) is 473 cm³/mol. The van der Waals surface area contributed by atoms with Gasteiger partial charge >= 0.3 is 11.9 Å². The molecule has 0 fully saturated rings. The van der Waals surface area contributed by atoms with E-state index in [4.69, 9.17) is 19.4 Å². The third-order valence-electron chi connectivity index (χ3n) is 22.1. The normalized spacial score (nSPS) is 12.9. The Morgan fingerprint density at radius 1 is 0.286 bits per heavy atom. The minimum absolute atomic E-state index is 0.0560.